The maximum atomic E-state index is 14.8. The predicted octanol–water partition coefficient (Wildman–Crippen LogP) is 4.14. The van der Waals surface area contributed by atoms with E-state index in [-0.39, 0.29) is 11.3 Å². The summed E-state index contributed by atoms with van der Waals surface area (Å²) in [7, 11) is 0. The van der Waals surface area contributed by atoms with Crippen LogP contribution in [-0.4, -0.2) is 51.5 Å². The second kappa shape index (κ2) is 11.3. The van der Waals surface area contributed by atoms with Gasteiger partial charge in [0, 0.05) is 29.1 Å². The highest BCUT2D eigenvalue weighted by molar-refractivity contribution is 5.97. The van der Waals surface area contributed by atoms with Gasteiger partial charge in [-0.25, -0.2) is 9.37 Å². The van der Waals surface area contributed by atoms with Gasteiger partial charge in [0.1, 0.15) is 5.82 Å². The number of hydrogen-bond acceptors (Lipinski definition) is 6. The molecule has 0 aliphatic rings. The molecule has 8 nitrogen and oxygen atoms in total. The highest BCUT2D eigenvalue weighted by atomic mass is 19.1. The molecule has 0 atom stereocenters. The SMILES string of the molecule is CCN(CC)CCCNc1nc(-c2cc(C(N)=O)ccc2C)c2ccc(=O)n(-c3ccccc3F)c2n1. The molecule has 0 aliphatic carbocycles. The van der Waals surface area contributed by atoms with E-state index in [0.717, 1.165) is 31.6 Å². The van der Waals surface area contributed by atoms with Gasteiger partial charge in [-0.3, -0.25) is 14.2 Å². The van der Waals surface area contributed by atoms with Crippen LogP contribution in [0.2, 0.25) is 0 Å². The summed E-state index contributed by atoms with van der Waals surface area (Å²) in [6, 6.07) is 14.2. The lowest BCUT2D eigenvalue weighted by Crippen LogP contribution is -2.25. The molecule has 1 amide bonds. The molecule has 3 N–H and O–H groups in total. The maximum Gasteiger partial charge on any atom is 0.256 e. The van der Waals surface area contributed by atoms with Gasteiger partial charge < -0.3 is 16.0 Å². The van der Waals surface area contributed by atoms with E-state index in [1.54, 1.807) is 36.4 Å². The molecule has 0 spiro atoms. The quantitative estimate of drug-likeness (QED) is 0.316. The van der Waals surface area contributed by atoms with Crippen molar-refractivity contribution >= 4 is 22.9 Å². The number of aromatic nitrogens is 3. The summed E-state index contributed by atoms with van der Waals surface area (Å²) in [5.41, 5.74) is 7.87. The molecule has 4 aromatic rings. The van der Waals surface area contributed by atoms with Crippen molar-refractivity contribution in [1.82, 2.24) is 19.4 Å². The molecular weight excluding hydrogens is 471 g/mol. The third-order valence-corrected chi connectivity index (χ3v) is 6.45. The van der Waals surface area contributed by atoms with Crippen molar-refractivity contribution in [3.05, 3.63) is 81.9 Å². The van der Waals surface area contributed by atoms with E-state index in [9.17, 15) is 14.0 Å². The van der Waals surface area contributed by atoms with Gasteiger partial charge in [0.2, 0.25) is 11.9 Å². The molecule has 0 aliphatic heterocycles. The van der Waals surface area contributed by atoms with Crippen molar-refractivity contribution in [2.75, 3.05) is 31.5 Å². The van der Waals surface area contributed by atoms with Crippen LogP contribution in [0.5, 0.6) is 0 Å². The molecule has 0 saturated carbocycles. The van der Waals surface area contributed by atoms with E-state index in [2.05, 4.69) is 29.0 Å². The number of halogens is 1. The highest BCUT2D eigenvalue weighted by Crippen LogP contribution is 2.31. The number of nitrogens with one attached hydrogen (secondary N) is 1. The Labute approximate surface area is 215 Å². The fraction of sp³-hybridized carbons (Fsp3) is 0.286. The third kappa shape index (κ3) is 5.51. The van der Waals surface area contributed by atoms with Crippen LogP contribution >= 0.6 is 0 Å². The van der Waals surface area contributed by atoms with Crippen molar-refractivity contribution in [2.24, 2.45) is 5.73 Å². The van der Waals surface area contributed by atoms with Gasteiger partial charge in [-0.1, -0.05) is 32.0 Å². The van der Waals surface area contributed by atoms with E-state index in [1.165, 1.54) is 22.8 Å². The van der Waals surface area contributed by atoms with Crippen molar-refractivity contribution in [3.63, 3.8) is 0 Å². The summed E-state index contributed by atoms with van der Waals surface area (Å²) in [5.74, 6) is -0.794. The van der Waals surface area contributed by atoms with Crippen LogP contribution in [0.25, 0.3) is 28.0 Å². The number of hydrogen-bond donors (Lipinski definition) is 2. The number of benzene rings is 2. The Kier molecular flexibility index (Phi) is 7.93. The number of carbonyl (C=O) groups is 1. The topological polar surface area (TPSA) is 106 Å². The number of aryl methyl sites for hydroxylation is 1. The summed E-state index contributed by atoms with van der Waals surface area (Å²) in [6.07, 6.45) is 0.865. The Morgan fingerprint density at radius 1 is 1.08 bits per heavy atom. The van der Waals surface area contributed by atoms with Gasteiger partial charge in [-0.2, -0.15) is 4.98 Å². The molecule has 0 fully saturated rings. The van der Waals surface area contributed by atoms with Crippen LogP contribution in [0.15, 0.2) is 59.4 Å². The summed E-state index contributed by atoms with van der Waals surface area (Å²) in [4.78, 5) is 36.7. The van der Waals surface area contributed by atoms with Crippen molar-refractivity contribution < 1.29 is 9.18 Å². The summed E-state index contributed by atoms with van der Waals surface area (Å²) >= 11 is 0. The van der Waals surface area contributed by atoms with Gasteiger partial charge >= 0.3 is 0 Å². The summed E-state index contributed by atoms with van der Waals surface area (Å²) < 4.78 is 16.1. The molecule has 0 unspecified atom stereocenters. The predicted molar refractivity (Wildman–Crippen MR) is 145 cm³/mol. The number of nitrogens with two attached hydrogens (primary N) is 1. The maximum absolute atomic E-state index is 14.8. The standard InChI is InChI=1S/C28H31FN6O2/c1-4-34(5-2)16-8-15-31-28-32-25(21-17-19(26(30)37)12-11-18(21)3)20-13-14-24(36)35(27(20)33-28)23-10-7-6-9-22(23)29/h6-7,9-14,17H,4-5,8,15-16H2,1-3H3,(H2,30,37)(H,31,32,33). The Morgan fingerprint density at radius 3 is 2.54 bits per heavy atom. The second-order valence-electron chi connectivity index (χ2n) is 8.79. The van der Waals surface area contributed by atoms with Gasteiger partial charge in [0.25, 0.3) is 5.56 Å². The smallest absolute Gasteiger partial charge is 0.256 e. The fourth-order valence-electron chi connectivity index (χ4n) is 4.34. The number of anilines is 1. The van der Waals surface area contributed by atoms with Crippen LogP contribution in [0.4, 0.5) is 10.3 Å². The molecule has 2 heterocycles. The van der Waals surface area contributed by atoms with E-state index in [1.807, 2.05) is 6.92 Å². The molecule has 0 saturated heterocycles. The molecular formula is C28H31FN6O2. The average molecular weight is 503 g/mol. The Bertz CT molecular complexity index is 1500. The molecule has 192 valence electrons. The molecule has 0 radical (unpaired) electrons. The molecule has 2 aromatic carbocycles. The van der Waals surface area contributed by atoms with Crippen LogP contribution in [0.3, 0.4) is 0 Å². The largest absolute Gasteiger partial charge is 0.366 e. The Hall–Kier alpha value is -4.11. The first-order chi connectivity index (χ1) is 17.8. The number of pyridine rings is 1. The average Bonchev–Trinajstić information content (AvgIpc) is 2.89. The number of carbonyl (C=O) groups excluding carboxylic acids is 1. The minimum absolute atomic E-state index is 0.0952. The zero-order chi connectivity index (χ0) is 26.5. The van der Waals surface area contributed by atoms with E-state index in [4.69, 9.17) is 10.7 Å². The Balaban J connectivity index is 1.90. The molecule has 0 bridgehead atoms. The van der Waals surface area contributed by atoms with E-state index < -0.39 is 17.3 Å². The third-order valence-electron chi connectivity index (χ3n) is 6.45. The lowest BCUT2D eigenvalue weighted by molar-refractivity contribution is 0.100. The van der Waals surface area contributed by atoms with Crippen LogP contribution in [0.1, 0.15) is 36.2 Å². The number of fused-ring (bicyclic) bond motifs is 1. The minimum Gasteiger partial charge on any atom is -0.366 e. The number of amides is 1. The zero-order valence-corrected chi connectivity index (χ0v) is 21.3. The van der Waals surface area contributed by atoms with Gasteiger partial charge in [-0.15, -0.1) is 0 Å². The van der Waals surface area contributed by atoms with Crippen molar-refractivity contribution in [1.29, 1.82) is 0 Å². The van der Waals surface area contributed by atoms with Gasteiger partial charge in [-0.05, 0) is 68.9 Å². The fourth-order valence-corrected chi connectivity index (χ4v) is 4.34. The van der Waals surface area contributed by atoms with Crippen LogP contribution in [-0.2, 0) is 0 Å². The molecule has 37 heavy (non-hydrogen) atoms. The summed E-state index contributed by atoms with van der Waals surface area (Å²) in [6.45, 7) is 9.62. The van der Waals surface area contributed by atoms with E-state index in [0.29, 0.717) is 34.7 Å². The number of nitrogens with zero attached hydrogens (tertiary/aromatic N) is 4. The number of para-hydroxylation sites is 1. The van der Waals surface area contributed by atoms with Crippen molar-refractivity contribution in [3.8, 4) is 16.9 Å². The zero-order valence-electron chi connectivity index (χ0n) is 21.3. The summed E-state index contributed by atoms with van der Waals surface area (Å²) in [5, 5.41) is 3.81. The molecule has 9 heteroatoms. The number of rotatable bonds is 10. The van der Waals surface area contributed by atoms with E-state index >= 15 is 0 Å². The molecule has 2 aromatic heterocycles. The minimum atomic E-state index is -0.558. The first-order valence-corrected chi connectivity index (χ1v) is 12.4. The lowest BCUT2D eigenvalue weighted by atomic mass is 9.99. The molecule has 4 rings (SSSR count). The van der Waals surface area contributed by atoms with Crippen molar-refractivity contribution in [2.45, 2.75) is 27.2 Å². The monoisotopic (exact) mass is 502 g/mol. The van der Waals surface area contributed by atoms with Gasteiger partial charge in [0.15, 0.2) is 5.65 Å². The van der Waals surface area contributed by atoms with Crippen LogP contribution < -0.4 is 16.6 Å². The van der Waals surface area contributed by atoms with Gasteiger partial charge in [0.05, 0.1) is 11.4 Å². The second-order valence-corrected chi connectivity index (χ2v) is 8.79. The normalized spacial score (nSPS) is 11.3. The highest BCUT2D eigenvalue weighted by Gasteiger charge is 2.18. The number of primary amides is 1. The Morgan fingerprint density at radius 2 is 1.84 bits per heavy atom. The first-order valence-electron chi connectivity index (χ1n) is 12.4. The first kappa shape index (κ1) is 26.0. The lowest BCUT2D eigenvalue weighted by Gasteiger charge is -2.18. The van der Waals surface area contributed by atoms with Crippen LogP contribution in [0, 0.1) is 12.7 Å².